The van der Waals surface area contributed by atoms with E-state index in [0.29, 0.717) is 25.7 Å². The number of carbonyl (C=O) groups excluding carboxylic acids is 4. The highest BCUT2D eigenvalue weighted by Crippen LogP contribution is 2.29. The lowest BCUT2D eigenvalue weighted by atomic mass is 9.84. The smallest absolute Gasteiger partial charge is 0.326 e. The van der Waals surface area contributed by atoms with Crippen molar-refractivity contribution in [2.75, 3.05) is 11.5 Å². The van der Waals surface area contributed by atoms with Gasteiger partial charge >= 0.3 is 23.9 Å². The van der Waals surface area contributed by atoms with Crippen LogP contribution in [0.4, 0.5) is 0 Å². The third-order valence-corrected chi connectivity index (χ3v) is 12.1. The molecule has 54 heavy (non-hydrogen) atoms. The molecule has 0 aliphatic heterocycles. The van der Waals surface area contributed by atoms with Crippen LogP contribution in [0.3, 0.4) is 0 Å². The standard InChI is InChI=1S/C34H56N6O12S2/c35-21(31(45)46)13-7-15-25(41)37-23(29(43)39-27(33(49)50)19-9-3-1-4-10-19)17-53-54-18-24(38-26(42)16-8-14-22(36)32(47)48)30(44)40-28(34(51)52)20-11-5-2-6-12-20/h19-24,27-28H,1-18,35-36H2,(H,37,41)(H,38,42)(H,39,43)(H,40,44)(H,45,46)(H,47,48)(H,49,50)(H,51,52)/t21-,22-,23?,24?,27+,28+/m0/s1. The summed E-state index contributed by atoms with van der Waals surface area (Å²) < 4.78 is 0. The highest BCUT2D eigenvalue weighted by molar-refractivity contribution is 8.76. The van der Waals surface area contributed by atoms with E-state index in [1.54, 1.807) is 0 Å². The van der Waals surface area contributed by atoms with Gasteiger partial charge in [-0.25, -0.2) is 9.59 Å². The minimum atomic E-state index is -1.23. The van der Waals surface area contributed by atoms with Gasteiger partial charge in [0.15, 0.2) is 0 Å². The molecule has 0 radical (unpaired) electrons. The Kier molecular flexibility index (Phi) is 21.3. The summed E-state index contributed by atoms with van der Waals surface area (Å²) in [7, 11) is 2.11. The number of carboxylic acid groups (broad SMARTS) is 4. The van der Waals surface area contributed by atoms with Crippen LogP contribution >= 0.6 is 21.6 Å². The van der Waals surface area contributed by atoms with Gasteiger partial charge in [0.2, 0.25) is 23.6 Å². The highest BCUT2D eigenvalue weighted by atomic mass is 33.1. The first-order valence-corrected chi connectivity index (χ1v) is 21.0. The minimum absolute atomic E-state index is 0.0119. The first-order valence-electron chi connectivity index (χ1n) is 18.5. The molecule has 2 fully saturated rings. The maximum Gasteiger partial charge on any atom is 0.326 e. The number of aliphatic carboxylic acids is 4. The summed E-state index contributed by atoms with van der Waals surface area (Å²) in [6, 6.07) is -7.14. The van der Waals surface area contributed by atoms with Crippen LogP contribution in [0.2, 0.25) is 0 Å². The second-order valence-electron chi connectivity index (χ2n) is 13.9. The number of carbonyl (C=O) groups is 8. The normalized spacial score (nSPS) is 18.5. The van der Waals surface area contributed by atoms with E-state index in [4.69, 9.17) is 21.7 Å². The monoisotopic (exact) mass is 804 g/mol. The van der Waals surface area contributed by atoms with Gasteiger partial charge in [0, 0.05) is 24.3 Å². The third-order valence-electron chi connectivity index (χ3n) is 9.70. The van der Waals surface area contributed by atoms with Crippen LogP contribution in [0.5, 0.6) is 0 Å². The number of hydrogen-bond donors (Lipinski definition) is 10. The van der Waals surface area contributed by atoms with Gasteiger partial charge in [-0.2, -0.15) is 0 Å². The summed E-state index contributed by atoms with van der Waals surface area (Å²) in [6.45, 7) is 0. The molecule has 4 amide bonds. The summed E-state index contributed by atoms with van der Waals surface area (Å²) in [5.74, 6) is -8.26. The lowest BCUT2D eigenvalue weighted by Gasteiger charge is -2.30. The number of nitrogens with two attached hydrogens (primary N) is 2. The number of rotatable bonds is 25. The molecule has 2 rings (SSSR count). The number of carboxylic acids is 4. The Hall–Kier alpha value is -3.62. The van der Waals surface area contributed by atoms with Crippen LogP contribution in [0.15, 0.2) is 0 Å². The fourth-order valence-electron chi connectivity index (χ4n) is 6.55. The van der Waals surface area contributed by atoms with Crippen molar-refractivity contribution in [3.8, 4) is 0 Å². The van der Waals surface area contributed by atoms with Crippen LogP contribution in [-0.2, 0) is 38.4 Å². The van der Waals surface area contributed by atoms with Crippen molar-refractivity contribution < 1.29 is 58.8 Å². The Morgan fingerprint density at radius 3 is 1.15 bits per heavy atom. The zero-order valence-electron chi connectivity index (χ0n) is 30.4. The minimum Gasteiger partial charge on any atom is -0.480 e. The molecule has 0 aromatic rings. The van der Waals surface area contributed by atoms with E-state index in [1.807, 2.05) is 0 Å². The summed E-state index contributed by atoms with van der Waals surface area (Å²) in [6.07, 6.45) is 7.66. The van der Waals surface area contributed by atoms with Crippen molar-refractivity contribution in [2.24, 2.45) is 23.3 Å². The van der Waals surface area contributed by atoms with E-state index in [9.17, 15) is 48.6 Å². The van der Waals surface area contributed by atoms with Gasteiger partial charge in [-0.3, -0.25) is 28.8 Å². The fraction of sp³-hybridized carbons (Fsp3) is 0.765. The topological polar surface area (TPSA) is 318 Å². The van der Waals surface area contributed by atoms with Crippen molar-refractivity contribution in [2.45, 2.75) is 139 Å². The van der Waals surface area contributed by atoms with E-state index in [0.717, 1.165) is 60.1 Å². The molecule has 0 spiro atoms. The Morgan fingerprint density at radius 2 is 0.852 bits per heavy atom. The molecule has 0 saturated heterocycles. The predicted molar refractivity (Wildman–Crippen MR) is 200 cm³/mol. The number of hydrogen-bond acceptors (Lipinski definition) is 12. The van der Waals surface area contributed by atoms with E-state index in [1.165, 1.54) is 0 Å². The average Bonchev–Trinajstić information content (AvgIpc) is 3.13. The molecule has 20 heteroatoms. The second kappa shape index (κ2) is 24.7. The maximum absolute atomic E-state index is 13.5. The number of nitrogens with one attached hydrogen (secondary N) is 4. The fourth-order valence-corrected chi connectivity index (χ4v) is 8.88. The van der Waals surface area contributed by atoms with Gasteiger partial charge in [-0.05, 0) is 63.2 Å². The average molecular weight is 805 g/mol. The Labute approximate surface area is 322 Å². The molecule has 12 N–H and O–H groups in total. The van der Waals surface area contributed by atoms with Gasteiger partial charge in [-0.15, -0.1) is 0 Å². The summed E-state index contributed by atoms with van der Waals surface area (Å²) in [4.78, 5) is 99.0. The summed E-state index contributed by atoms with van der Waals surface area (Å²) >= 11 is 0. The second-order valence-corrected chi connectivity index (χ2v) is 16.5. The molecule has 0 bridgehead atoms. The quantitative estimate of drug-likeness (QED) is 0.0451. The summed E-state index contributed by atoms with van der Waals surface area (Å²) in [5.41, 5.74) is 11.0. The van der Waals surface area contributed by atoms with Crippen LogP contribution in [0.1, 0.15) is 103 Å². The van der Waals surface area contributed by atoms with E-state index < -0.39 is 83.8 Å². The molecule has 2 saturated carbocycles. The molecule has 2 unspecified atom stereocenters. The third kappa shape index (κ3) is 17.2. The van der Waals surface area contributed by atoms with E-state index in [2.05, 4.69) is 21.3 Å². The van der Waals surface area contributed by atoms with Crippen molar-refractivity contribution in [1.82, 2.24) is 21.3 Å². The number of amides is 4. The van der Waals surface area contributed by atoms with Gasteiger partial charge in [0.1, 0.15) is 36.3 Å². The van der Waals surface area contributed by atoms with Crippen LogP contribution in [0.25, 0.3) is 0 Å². The maximum atomic E-state index is 13.5. The van der Waals surface area contributed by atoms with Crippen LogP contribution in [0, 0.1) is 11.8 Å². The molecular weight excluding hydrogens is 749 g/mol. The largest absolute Gasteiger partial charge is 0.480 e. The molecule has 306 valence electrons. The zero-order chi connectivity index (χ0) is 40.2. The van der Waals surface area contributed by atoms with Crippen LogP contribution < -0.4 is 32.7 Å². The van der Waals surface area contributed by atoms with Crippen molar-refractivity contribution in [3.63, 3.8) is 0 Å². The molecule has 6 atom stereocenters. The van der Waals surface area contributed by atoms with E-state index >= 15 is 0 Å². The molecule has 0 heterocycles. The SMILES string of the molecule is N[C@@H](CCCC(=O)NC(CSSCC(NC(=O)CCC[C@H](N)C(=O)O)C(=O)N[C@@H](C(=O)O)C1CCCCC1)C(=O)N[C@@H](C(=O)O)C1CCCCC1)C(=O)O. The Morgan fingerprint density at radius 1 is 0.519 bits per heavy atom. The van der Waals surface area contributed by atoms with Gasteiger partial charge in [0.25, 0.3) is 0 Å². The first-order chi connectivity index (χ1) is 25.6. The summed E-state index contributed by atoms with van der Waals surface area (Å²) in [5, 5.41) is 48.2. The lowest BCUT2D eigenvalue weighted by molar-refractivity contribution is -0.144. The molecular formula is C34H56N6O12S2. The van der Waals surface area contributed by atoms with Gasteiger partial charge in [-0.1, -0.05) is 60.1 Å². The zero-order valence-corrected chi connectivity index (χ0v) is 32.0. The lowest BCUT2D eigenvalue weighted by Crippen LogP contribution is -2.55. The first kappa shape index (κ1) is 46.5. The molecule has 2 aliphatic carbocycles. The van der Waals surface area contributed by atoms with Gasteiger partial charge < -0.3 is 53.2 Å². The van der Waals surface area contributed by atoms with Crippen molar-refractivity contribution in [3.05, 3.63) is 0 Å². The Bertz CT molecular complexity index is 1200. The van der Waals surface area contributed by atoms with Gasteiger partial charge in [0.05, 0.1) is 0 Å². The van der Waals surface area contributed by atoms with Crippen molar-refractivity contribution in [1.29, 1.82) is 0 Å². The molecule has 0 aromatic carbocycles. The van der Waals surface area contributed by atoms with E-state index in [-0.39, 0.29) is 61.9 Å². The van der Waals surface area contributed by atoms with Crippen LogP contribution in [-0.4, -0.2) is 116 Å². The predicted octanol–water partition coefficient (Wildman–Crippen LogP) is 0.801. The molecule has 18 nitrogen and oxygen atoms in total. The highest BCUT2D eigenvalue weighted by Gasteiger charge is 2.35. The Balaban J connectivity index is 2.15. The van der Waals surface area contributed by atoms with Crippen molar-refractivity contribution >= 4 is 69.1 Å². The molecule has 2 aliphatic rings. The molecule has 0 aromatic heterocycles.